The van der Waals surface area contributed by atoms with Crippen molar-refractivity contribution in [1.29, 1.82) is 5.26 Å². The van der Waals surface area contributed by atoms with Gasteiger partial charge in [0, 0.05) is 24.5 Å². The summed E-state index contributed by atoms with van der Waals surface area (Å²) in [6.45, 7) is -0.652. The zero-order valence-corrected chi connectivity index (χ0v) is 23.4. The number of hydrogen-bond donors (Lipinski definition) is 1. The van der Waals surface area contributed by atoms with Gasteiger partial charge in [0.2, 0.25) is 21.7 Å². The summed E-state index contributed by atoms with van der Waals surface area (Å²) < 4.78 is 96.8. The van der Waals surface area contributed by atoms with Gasteiger partial charge in [-0.2, -0.15) is 9.57 Å². The fourth-order valence-corrected chi connectivity index (χ4v) is 7.20. The van der Waals surface area contributed by atoms with Crippen molar-refractivity contribution in [2.24, 2.45) is 0 Å². The molecule has 43 heavy (non-hydrogen) atoms. The van der Waals surface area contributed by atoms with E-state index in [-0.39, 0.29) is 24.2 Å². The minimum absolute atomic E-state index is 0.0557. The van der Waals surface area contributed by atoms with Crippen LogP contribution in [0.5, 0.6) is 5.75 Å². The fourth-order valence-electron chi connectivity index (χ4n) is 5.45. The van der Waals surface area contributed by atoms with Gasteiger partial charge in [0.05, 0.1) is 17.8 Å². The van der Waals surface area contributed by atoms with Gasteiger partial charge in [-0.05, 0) is 48.9 Å². The van der Waals surface area contributed by atoms with Gasteiger partial charge in [-0.25, -0.2) is 30.4 Å². The Balaban J connectivity index is 1.48. The fraction of sp³-hybridized carbons (Fsp3) is 0.345. The quantitative estimate of drug-likeness (QED) is 0.215. The molecule has 1 saturated carbocycles. The Morgan fingerprint density at radius 2 is 1.63 bits per heavy atom. The molecular formula is C29H25F5N4O4S. The standard InChI is InChI=1S/C29H25F5N4O4S/c30-23-24(31)26(33)28(27(34)25(23)32)43(41,42)38-11-10-21(38)29(40)37(20-9-7-17(13-35)22(39)12-20)15-19-8-6-18(14-36-19)16-4-2-1-3-5-16/h6-9,12,14,16,21,39H,1-5,10-11,15H2. The largest absolute Gasteiger partial charge is 0.506 e. The highest BCUT2D eigenvalue weighted by Crippen LogP contribution is 2.36. The summed E-state index contributed by atoms with van der Waals surface area (Å²) in [6, 6.07) is 7.51. The lowest BCUT2D eigenvalue weighted by atomic mass is 9.85. The third kappa shape index (κ3) is 5.54. The molecule has 8 nitrogen and oxygen atoms in total. The number of hydrogen-bond acceptors (Lipinski definition) is 6. The van der Waals surface area contributed by atoms with E-state index in [9.17, 15) is 45.5 Å². The summed E-state index contributed by atoms with van der Waals surface area (Å²) in [6.07, 6.45) is 7.05. The minimum atomic E-state index is -5.36. The summed E-state index contributed by atoms with van der Waals surface area (Å²) in [5.74, 6) is -13.5. The Bertz CT molecular complexity index is 1700. The smallest absolute Gasteiger partial charge is 0.249 e. The number of sulfonamides is 1. The molecule has 2 aliphatic rings. The van der Waals surface area contributed by atoms with E-state index in [0.717, 1.165) is 42.2 Å². The van der Waals surface area contributed by atoms with E-state index in [1.54, 1.807) is 18.3 Å². The highest BCUT2D eigenvalue weighted by Gasteiger charge is 2.48. The second-order valence-corrected chi connectivity index (χ2v) is 12.3. The molecule has 1 saturated heterocycles. The second-order valence-electron chi connectivity index (χ2n) is 10.5. The van der Waals surface area contributed by atoms with E-state index < -0.39 is 68.2 Å². The molecule has 1 unspecified atom stereocenters. The summed E-state index contributed by atoms with van der Waals surface area (Å²) in [5, 5.41) is 19.5. The van der Waals surface area contributed by atoms with Crippen LogP contribution in [0.15, 0.2) is 41.4 Å². The number of aromatic nitrogens is 1. The van der Waals surface area contributed by atoms with E-state index in [1.165, 1.54) is 18.6 Å². The highest BCUT2D eigenvalue weighted by atomic mass is 32.2. The second kappa shape index (κ2) is 11.9. The topological polar surface area (TPSA) is 115 Å². The molecule has 14 heteroatoms. The first-order valence-electron chi connectivity index (χ1n) is 13.5. The SMILES string of the molecule is N#Cc1ccc(N(Cc2ccc(C3CCCCC3)cn2)C(=O)C2CCN2S(=O)(=O)c2c(F)c(F)c(F)c(F)c2F)cc1O. The van der Waals surface area contributed by atoms with Crippen LogP contribution in [0.25, 0.3) is 0 Å². The first-order valence-corrected chi connectivity index (χ1v) is 14.9. The third-order valence-corrected chi connectivity index (χ3v) is 9.84. The van der Waals surface area contributed by atoms with Crippen LogP contribution in [0.4, 0.5) is 27.6 Å². The molecule has 0 radical (unpaired) electrons. The number of anilines is 1. The lowest BCUT2D eigenvalue weighted by molar-refractivity contribution is -0.125. The van der Waals surface area contributed by atoms with Gasteiger partial charge < -0.3 is 10.0 Å². The molecule has 2 aromatic carbocycles. The Labute approximate surface area is 244 Å². The zero-order valence-electron chi connectivity index (χ0n) is 22.5. The average Bonchev–Trinajstić information content (AvgIpc) is 2.97. The highest BCUT2D eigenvalue weighted by molar-refractivity contribution is 7.89. The van der Waals surface area contributed by atoms with E-state index in [4.69, 9.17) is 0 Å². The van der Waals surface area contributed by atoms with Gasteiger partial charge in [0.25, 0.3) is 0 Å². The summed E-state index contributed by atoms with van der Waals surface area (Å²) in [4.78, 5) is 17.3. The van der Waals surface area contributed by atoms with Crippen LogP contribution in [-0.2, 0) is 21.4 Å². The van der Waals surface area contributed by atoms with Crippen molar-refractivity contribution < 1.29 is 40.3 Å². The average molecular weight is 621 g/mol. The number of rotatable bonds is 7. The van der Waals surface area contributed by atoms with Crippen LogP contribution in [0.1, 0.15) is 61.3 Å². The number of nitrogens with zero attached hydrogens (tertiary/aromatic N) is 4. The summed E-state index contributed by atoms with van der Waals surface area (Å²) >= 11 is 0. The number of benzene rings is 2. The van der Waals surface area contributed by atoms with E-state index in [2.05, 4.69) is 4.98 Å². The maximum atomic E-state index is 14.5. The molecule has 1 N–H and O–H groups in total. The van der Waals surface area contributed by atoms with Crippen molar-refractivity contribution in [2.45, 2.75) is 61.9 Å². The van der Waals surface area contributed by atoms with Gasteiger partial charge in [0.15, 0.2) is 28.2 Å². The van der Waals surface area contributed by atoms with Crippen LogP contribution in [-0.4, -0.2) is 41.3 Å². The minimum Gasteiger partial charge on any atom is -0.506 e. The van der Waals surface area contributed by atoms with Gasteiger partial charge >= 0.3 is 0 Å². The lowest BCUT2D eigenvalue weighted by Gasteiger charge is -2.41. The Kier molecular flexibility index (Phi) is 8.40. The van der Waals surface area contributed by atoms with Crippen LogP contribution < -0.4 is 4.90 Å². The maximum absolute atomic E-state index is 14.5. The number of carbonyl (C=O) groups excluding carboxylic acids is 1. The molecule has 3 aromatic rings. The number of phenols is 1. The number of phenolic OH excluding ortho intramolecular Hbond substituents is 1. The molecule has 1 amide bonds. The van der Waals surface area contributed by atoms with Crippen LogP contribution >= 0.6 is 0 Å². The maximum Gasteiger partial charge on any atom is 0.249 e. The van der Waals surface area contributed by atoms with E-state index in [0.29, 0.717) is 15.9 Å². The van der Waals surface area contributed by atoms with Crippen molar-refractivity contribution in [3.63, 3.8) is 0 Å². The number of aromatic hydroxyl groups is 1. The molecule has 2 fully saturated rings. The molecule has 1 aliphatic heterocycles. The predicted octanol–water partition coefficient (Wildman–Crippen LogP) is 5.40. The first kappa shape index (κ1) is 30.4. The number of carbonyl (C=O) groups is 1. The van der Waals surface area contributed by atoms with Gasteiger partial charge in [0.1, 0.15) is 17.9 Å². The van der Waals surface area contributed by atoms with Crippen molar-refractivity contribution in [2.75, 3.05) is 11.4 Å². The number of halogens is 5. The Morgan fingerprint density at radius 1 is 0.977 bits per heavy atom. The van der Waals surface area contributed by atoms with Crippen molar-refractivity contribution >= 4 is 21.6 Å². The predicted molar refractivity (Wildman–Crippen MR) is 143 cm³/mol. The Morgan fingerprint density at radius 3 is 2.16 bits per heavy atom. The number of nitriles is 1. The zero-order chi connectivity index (χ0) is 31.1. The van der Waals surface area contributed by atoms with Crippen molar-refractivity contribution in [3.8, 4) is 11.8 Å². The molecule has 0 spiro atoms. The van der Waals surface area contributed by atoms with Crippen molar-refractivity contribution in [1.82, 2.24) is 9.29 Å². The molecule has 5 rings (SSSR count). The molecule has 1 aliphatic carbocycles. The van der Waals surface area contributed by atoms with Crippen LogP contribution in [0.2, 0.25) is 0 Å². The van der Waals surface area contributed by atoms with Crippen molar-refractivity contribution in [3.05, 3.63) is 82.4 Å². The number of pyridine rings is 1. The van der Waals surface area contributed by atoms with Crippen LogP contribution in [0, 0.1) is 40.4 Å². The molecule has 0 bridgehead atoms. The lowest BCUT2D eigenvalue weighted by Crippen LogP contribution is -2.59. The summed E-state index contributed by atoms with van der Waals surface area (Å²) in [5.41, 5.74) is 1.40. The molecule has 1 atom stereocenters. The molecule has 2 heterocycles. The van der Waals surface area contributed by atoms with Crippen LogP contribution in [0.3, 0.4) is 0 Å². The first-order chi connectivity index (χ1) is 20.4. The normalized spacial score (nSPS) is 17.7. The summed E-state index contributed by atoms with van der Waals surface area (Å²) in [7, 11) is -5.36. The number of amides is 1. The van der Waals surface area contributed by atoms with E-state index >= 15 is 0 Å². The molecular weight excluding hydrogens is 595 g/mol. The third-order valence-electron chi connectivity index (χ3n) is 7.92. The molecule has 1 aromatic heterocycles. The van der Waals surface area contributed by atoms with Gasteiger partial charge in [-0.1, -0.05) is 25.3 Å². The monoisotopic (exact) mass is 620 g/mol. The van der Waals surface area contributed by atoms with Gasteiger partial charge in [-0.15, -0.1) is 0 Å². The Hall–Kier alpha value is -4.09. The van der Waals surface area contributed by atoms with E-state index in [1.807, 2.05) is 6.07 Å². The van der Waals surface area contributed by atoms with Gasteiger partial charge in [-0.3, -0.25) is 9.78 Å². The molecule has 226 valence electrons.